The summed E-state index contributed by atoms with van der Waals surface area (Å²) in [5.74, 6) is -1.77. The van der Waals surface area contributed by atoms with E-state index < -0.39 is 37.0 Å². The molecule has 152 valence electrons. The highest BCUT2D eigenvalue weighted by atomic mass is 16.6. The van der Waals surface area contributed by atoms with Crippen LogP contribution in [-0.4, -0.2) is 43.1 Å². The van der Waals surface area contributed by atoms with Crippen LogP contribution >= 0.6 is 0 Å². The molecule has 0 saturated heterocycles. The Morgan fingerprint density at radius 3 is 2.54 bits per heavy atom. The van der Waals surface area contributed by atoms with Crippen LogP contribution < -0.4 is 21.1 Å². The smallest absolute Gasteiger partial charge is 0.344 e. The fraction of sp³-hybridized carbons (Fsp3) is 0.474. The van der Waals surface area contributed by atoms with Crippen LogP contribution in [0, 0.1) is 5.92 Å². The van der Waals surface area contributed by atoms with E-state index in [1.54, 1.807) is 12.1 Å². The first-order chi connectivity index (χ1) is 13.4. The molecule has 4 amide bonds. The van der Waals surface area contributed by atoms with Gasteiger partial charge in [-0.3, -0.25) is 14.9 Å². The lowest BCUT2D eigenvalue weighted by atomic mass is 9.86. The molecule has 28 heavy (non-hydrogen) atoms. The standard InChI is InChI=1S/C19H25N3O6/c1-12-6-2-4-8-14(12)21-19(26)22-16(23)10-28-17(24)11-27-15-9-5-3-7-13(15)18(20)25/h3,5,7,9,12,14H,2,4,6,8,10-11H2,1H3,(H2,20,25)(H2,21,22,23,26)/t12-,14+/m1/s1. The lowest BCUT2D eigenvalue weighted by molar-refractivity contribution is -0.150. The van der Waals surface area contributed by atoms with Crippen molar-refractivity contribution >= 4 is 23.8 Å². The number of ether oxygens (including phenoxy) is 2. The maximum absolute atomic E-state index is 11.9. The Bertz CT molecular complexity index is 736. The lowest BCUT2D eigenvalue weighted by Gasteiger charge is -2.29. The van der Waals surface area contributed by atoms with Crippen LogP contribution in [0.4, 0.5) is 4.79 Å². The zero-order valence-electron chi connectivity index (χ0n) is 15.7. The first kappa shape index (κ1) is 21.2. The van der Waals surface area contributed by atoms with Crippen LogP contribution in [0.15, 0.2) is 24.3 Å². The summed E-state index contributed by atoms with van der Waals surface area (Å²) in [5.41, 5.74) is 5.34. The molecule has 0 aromatic heterocycles. The Balaban J connectivity index is 1.70. The van der Waals surface area contributed by atoms with E-state index in [9.17, 15) is 19.2 Å². The molecule has 4 N–H and O–H groups in total. The van der Waals surface area contributed by atoms with E-state index in [-0.39, 0.29) is 17.4 Å². The Hall–Kier alpha value is -3.10. The molecular weight excluding hydrogens is 366 g/mol. The molecule has 1 aromatic rings. The van der Waals surface area contributed by atoms with Gasteiger partial charge in [0.25, 0.3) is 11.8 Å². The Morgan fingerprint density at radius 2 is 1.82 bits per heavy atom. The summed E-state index contributed by atoms with van der Waals surface area (Å²) >= 11 is 0. The highest BCUT2D eigenvalue weighted by Crippen LogP contribution is 2.23. The molecule has 1 aliphatic carbocycles. The monoisotopic (exact) mass is 391 g/mol. The van der Waals surface area contributed by atoms with E-state index in [1.165, 1.54) is 12.1 Å². The molecule has 9 nitrogen and oxygen atoms in total. The van der Waals surface area contributed by atoms with Crippen LogP contribution in [0.2, 0.25) is 0 Å². The van der Waals surface area contributed by atoms with Gasteiger partial charge in [-0.2, -0.15) is 0 Å². The van der Waals surface area contributed by atoms with Crippen molar-refractivity contribution in [1.29, 1.82) is 0 Å². The van der Waals surface area contributed by atoms with E-state index in [4.69, 9.17) is 15.2 Å². The fourth-order valence-electron chi connectivity index (χ4n) is 3.02. The normalized spacial score (nSPS) is 18.6. The van der Waals surface area contributed by atoms with Gasteiger partial charge < -0.3 is 20.5 Å². The van der Waals surface area contributed by atoms with E-state index >= 15 is 0 Å². The third-order valence-corrected chi connectivity index (χ3v) is 4.54. The van der Waals surface area contributed by atoms with Crippen molar-refractivity contribution in [3.63, 3.8) is 0 Å². The Labute approximate surface area is 162 Å². The van der Waals surface area contributed by atoms with Crippen LogP contribution in [0.25, 0.3) is 0 Å². The number of amides is 4. The number of nitrogens with two attached hydrogens (primary N) is 1. The van der Waals surface area contributed by atoms with Gasteiger partial charge in [0, 0.05) is 6.04 Å². The number of carbonyl (C=O) groups excluding carboxylic acids is 4. The maximum atomic E-state index is 11.9. The van der Waals surface area contributed by atoms with Crippen LogP contribution in [0.3, 0.4) is 0 Å². The van der Waals surface area contributed by atoms with Gasteiger partial charge in [-0.1, -0.05) is 31.9 Å². The molecule has 0 unspecified atom stereocenters. The lowest BCUT2D eigenvalue weighted by Crippen LogP contribution is -2.48. The minimum atomic E-state index is -0.823. The van der Waals surface area contributed by atoms with Crippen molar-refractivity contribution in [3.05, 3.63) is 29.8 Å². The molecule has 0 heterocycles. The van der Waals surface area contributed by atoms with Crippen molar-refractivity contribution in [2.75, 3.05) is 13.2 Å². The predicted octanol–water partition coefficient (Wildman–Crippen LogP) is 1.11. The van der Waals surface area contributed by atoms with Crippen molar-refractivity contribution in [3.8, 4) is 5.75 Å². The third kappa shape index (κ3) is 6.57. The summed E-state index contributed by atoms with van der Waals surface area (Å²) in [6.07, 6.45) is 4.10. The van der Waals surface area contributed by atoms with Crippen LogP contribution in [-0.2, 0) is 14.3 Å². The van der Waals surface area contributed by atoms with E-state index in [0.29, 0.717) is 5.92 Å². The molecule has 1 saturated carbocycles. The van der Waals surface area contributed by atoms with Gasteiger partial charge >= 0.3 is 12.0 Å². The number of primary amides is 1. The Morgan fingerprint density at radius 1 is 1.11 bits per heavy atom. The molecule has 1 fully saturated rings. The SMILES string of the molecule is C[C@@H]1CCCC[C@@H]1NC(=O)NC(=O)COC(=O)COc1ccccc1C(N)=O. The van der Waals surface area contributed by atoms with E-state index in [0.717, 1.165) is 25.7 Å². The molecule has 0 spiro atoms. The van der Waals surface area contributed by atoms with Gasteiger partial charge in [0.05, 0.1) is 5.56 Å². The number of carbonyl (C=O) groups is 4. The van der Waals surface area contributed by atoms with Crippen molar-refractivity contribution in [1.82, 2.24) is 10.6 Å². The number of imide groups is 1. The molecular formula is C19H25N3O6. The predicted molar refractivity (Wildman–Crippen MR) is 99.5 cm³/mol. The van der Waals surface area contributed by atoms with Gasteiger partial charge in [0.15, 0.2) is 13.2 Å². The highest BCUT2D eigenvalue weighted by molar-refractivity contribution is 5.96. The number of benzene rings is 1. The third-order valence-electron chi connectivity index (χ3n) is 4.54. The number of nitrogens with one attached hydrogen (secondary N) is 2. The van der Waals surface area contributed by atoms with Gasteiger partial charge in [0.2, 0.25) is 0 Å². The molecule has 1 aromatic carbocycles. The minimum Gasteiger partial charge on any atom is -0.481 e. The molecule has 0 radical (unpaired) electrons. The van der Waals surface area contributed by atoms with Crippen molar-refractivity contribution < 1.29 is 28.7 Å². The van der Waals surface area contributed by atoms with Gasteiger partial charge in [-0.15, -0.1) is 0 Å². The summed E-state index contributed by atoms with van der Waals surface area (Å²) in [4.78, 5) is 46.6. The number of hydrogen-bond acceptors (Lipinski definition) is 6. The zero-order chi connectivity index (χ0) is 20.5. The highest BCUT2D eigenvalue weighted by Gasteiger charge is 2.23. The quantitative estimate of drug-likeness (QED) is 0.596. The average molecular weight is 391 g/mol. The number of hydrogen-bond donors (Lipinski definition) is 3. The van der Waals surface area contributed by atoms with Crippen LogP contribution in [0.5, 0.6) is 5.75 Å². The van der Waals surface area contributed by atoms with E-state index in [2.05, 4.69) is 17.6 Å². The molecule has 1 aliphatic rings. The number of rotatable bonds is 7. The van der Waals surface area contributed by atoms with Gasteiger partial charge in [0.1, 0.15) is 5.75 Å². The Kier molecular flexibility index (Phi) is 7.79. The number of esters is 1. The number of urea groups is 1. The first-order valence-electron chi connectivity index (χ1n) is 9.14. The fourth-order valence-corrected chi connectivity index (χ4v) is 3.02. The number of para-hydroxylation sites is 1. The van der Waals surface area contributed by atoms with Crippen molar-refractivity contribution in [2.24, 2.45) is 11.7 Å². The molecule has 2 atom stereocenters. The molecule has 0 bridgehead atoms. The van der Waals surface area contributed by atoms with Gasteiger partial charge in [-0.05, 0) is 30.9 Å². The summed E-state index contributed by atoms with van der Waals surface area (Å²) in [6.45, 7) is 0.931. The first-order valence-corrected chi connectivity index (χ1v) is 9.14. The van der Waals surface area contributed by atoms with E-state index in [1.807, 2.05) is 0 Å². The second-order valence-electron chi connectivity index (χ2n) is 6.70. The van der Waals surface area contributed by atoms with Gasteiger partial charge in [-0.25, -0.2) is 9.59 Å². The van der Waals surface area contributed by atoms with Crippen molar-refractivity contribution in [2.45, 2.75) is 38.6 Å². The second-order valence-corrected chi connectivity index (χ2v) is 6.70. The molecule has 2 rings (SSSR count). The zero-order valence-corrected chi connectivity index (χ0v) is 15.7. The summed E-state index contributed by atoms with van der Waals surface area (Å²) < 4.78 is 9.97. The largest absolute Gasteiger partial charge is 0.481 e. The molecule has 9 heteroatoms. The summed E-state index contributed by atoms with van der Waals surface area (Å²) in [5, 5.41) is 4.90. The van der Waals surface area contributed by atoms with Crippen LogP contribution in [0.1, 0.15) is 43.0 Å². The molecule has 0 aliphatic heterocycles. The topological polar surface area (TPSA) is 137 Å². The summed E-state index contributed by atoms with van der Waals surface area (Å²) in [7, 11) is 0. The second kappa shape index (κ2) is 10.3. The maximum Gasteiger partial charge on any atom is 0.344 e. The average Bonchev–Trinajstić information content (AvgIpc) is 2.66. The summed E-state index contributed by atoms with van der Waals surface area (Å²) in [6, 6.07) is 5.59. The minimum absolute atomic E-state index is 0.0304.